The molecule has 0 aliphatic carbocycles. The summed E-state index contributed by atoms with van der Waals surface area (Å²) in [5.74, 6) is -0.288. The lowest BCUT2D eigenvalue weighted by molar-refractivity contribution is -0.116. The highest BCUT2D eigenvalue weighted by molar-refractivity contribution is 6.33. The summed E-state index contributed by atoms with van der Waals surface area (Å²) in [4.78, 5) is 23.6. The van der Waals surface area contributed by atoms with Gasteiger partial charge in [-0.05, 0) is 19.1 Å². The number of para-hydroxylation sites is 1. The molecule has 1 N–H and O–H groups in total. The number of carbonyl (C=O) groups is 1. The zero-order valence-electron chi connectivity index (χ0n) is 10.5. The van der Waals surface area contributed by atoms with Crippen LogP contribution in [0.1, 0.15) is 6.92 Å². The van der Waals surface area contributed by atoms with Crippen molar-refractivity contribution >= 4 is 23.2 Å². The minimum absolute atomic E-state index is 0.0307. The van der Waals surface area contributed by atoms with Gasteiger partial charge in [0.05, 0.1) is 10.7 Å². The quantitative estimate of drug-likeness (QED) is 0.930. The van der Waals surface area contributed by atoms with Crippen molar-refractivity contribution in [1.29, 1.82) is 0 Å². The number of hydrogen-bond acceptors (Lipinski definition) is 2. The number of imidazole rings is 1. The van der Waals surface area contributed by atoms with Gasteiger partial charge in [0.25, 0.3) is 0 Å². The molecule has 0 bridgehead atoms. The smallest absolute Gasteiger partial charge is 0.323 e. The van der Waals surface area contributed by atoms with Crippen LogP contribution < -0.4 is 11.0 Å². The molecule has 0 saturated carbocycles. The molecule has 0 atom stereocenters. The Morgan fingerprint density at radius 1 is 1.26 bits per heavy atom. The van der Waals surface area contributed by atoms with Crippen molar-refractivity contribution in [2.24, 2.45) is 0 Å². The third-order valence-corrected chi connectivity index (χ3v) is 3.05. The highest BCUT2D eigenvalue weighted by atomic mass is 35.5. The van der Waals surface area contributed by atoms with Gasteiger partial charge in [0.15, 0.2) is 0 Å². The SMILES string of the molecule is CCn1ccn(CC(=O)Nc2ccccc2Cl)c1=O. The third kappa shape index (κ3) is 3.06. The largest absolute Gasteiger partial charge is 0.328 e. The number of halogens is 1. The fourth-order valence-corrected chi connectivity index (χ4v) is 1.90. The van der Waals surface area contributed by atoms with Crippen LogP contribution >= 0.6 is 11.6 Å². The van der Waals surface area contributed by atoms with E-state index in [1.807, 2.05) is 6.92 Å². The highest BCUT2D eigenvalue weighted by Gasteiger charge is 2.08. The second kappa shape index (κ2) is 5.75. The number of amides is 1. The standard InChI is InChI=1S/C13H14ClN3O2/c1-2-16-7-8-17(13(16)19)9-12(18)15-11-6-4-3-5-10(11)14/h3-8H,2,9H2,1H3,(H,15,18). The van der Waals surface area contributed by atoms with Gasteiger partial charge in [-0.25, -0.2) is 4.79 Å². The predicted octanol–water partition coefficient (Wildman–Crippen LogP) is 1.96. The van der Waals surface area contributed by atoms with Crippen molar-refractivity contribution in [2.45, 2.75) is 20.0 Å². The van der Waals surface area contributed by atoms with E-state index < -0.39 is 0 Å². The maximum atomic E-state index is 11.8. The lowest BCUT2D eigenvalue weighted by atomic mass is 10.3. The van der Waals surface area contributed by atoms with Gasteiger partial charge in [-0.2, -0.15) is 0 Å². The highest BCUT2D eigenvalue weighted by Crippen LogP contribution is 2.20. The molecule has 0 radical (unpaired) electrons. The molecule has 19 heavy (non-hydrogen) atoms. The van der Waals surface area contributed by atoms with E-state index in [4.69, 9.17) is 11.6 Å². The Morgan fingerprint density at radius 2 is 1.95 bits per heavy atom. The number of benzene rings is 1. The molecule has 1 aromatic heterocycles. The molecule has 1 aromatic carbocycles. The fraction of sp³-hybridized carbons (Fsp3) is 0.231. The summed E-state index contributed by atoms with van der Waals surface area (Å²) in [6, 6.07) is 6.96. The summed E-state index contributed by atoms with van der Waals surface area (Å²) < 4.78 is 2.89. The molecule has 5 nitrogen and oxygen atoms in total. The van der Waals surface area contributed by atoms with E-state index in [2.05, 4.69) is 5.32 Å². The Bertz CT molecular complexity index is 645. The Labute approximate surface area is 115 Å². The number of aryl methyl sites for hydroxylation is 1. The maximum Gasteiger partial charge on any atom is 0.328 e. The minimum atomic E-state index is -0.288. The summed E-state index contributed by atoms with van der Waals surface area (Å²) in [5.41, 5.74) is 0.342. The number of carbonyl (C=O) groups excluding carboxylic acids is 1. The first-order valence-corrected chi connectivity index (χ1v) is 6.29. The van der Waals surface area contributed by atoms with Crippen molar-refractivity contribution in [3.05, 3.63) is 52.2 Å². The molecule has 0 fully saturated rings. The van der Waals surface area contributed by atoms with Crippen molar-refractivity contribution in [1.82, 2.24) is 9.13 Å². The van der Waals surface area contributed by atoms with Gasteiger partial charge in [0.1, 0.15) is 6.54 Å². The molecular weight excluding hydrogens is 266 g/mol. The maximum absolute atomic E-state index is 11.8. The third-order valence-electron chi connectivity index (χ3n) is 2.72. The second-order valence-electron chi connectivity index (χ2n) is 4.02. The number of rotatable bonds is 4. The number of hydrogen-bond donors (Lipinski definition) is 1. The van der Waals surface area contributed by atoms with Crippen molar-refractivity contribution in [3.8, 4) is 0 Å². The molecule has 6 heteroatoms. The van der Waals surface area contributed by atoms with Crippen LogP contribution in [0.4, 0.5) is 5.69 Å². The van der Waals surface area contributed by atoms with E-state index in [0.717, 1.165) is 0 Å². The van der Waals surface area contributed by atoms with Crippen LogP contribution in [0.3, 0.4) is 0 Å². The van der Waals surface area contributed by atoms with Crippen molar-refractivity contribution < 1.29 is 4.79 Å². The van der Waals surface area contributed by atoms with Crippen molar-refractivity contribution in [3.63, 3.8) is 0 Å². The second-order valence-corrected chi connectivity index (χ2v) is 4.43. The van der Waals surface area contributed by atoms with E-state index >= 15 is 0 Å². The molecule has 0 saturated heterocycles. The molecule has 0 spiro atoms. The van der Waals surface area contributed by atoms with Gasteiger partial charge in [-0.3, -0.25) is 13.9 Å². The van der Waals surface area contributed by atoms with Crippen LogP contribution in [0, 0.1) is 0 Å². The number of aromatic nitrogens is 2. The van der Waals surface area contributed by atoms with Gasteiger partial charge in [0.2, 0.25) is 5.91 Å². The Hall–Kier alpha value is -2.01. The number of nitrogens with zero attached hydrogens (tertiary/aromatic N) is 2. The van der Waals surface area contributed by atoms with Gasteiger partial charge < -0.3 is 5.32 Å². The molecule has 0 aliphatic heterocycles. The molecule has 2 rings (SSSR count). The van der Waals surface area contributed by atoms with E-state index in [1.165, 1.54) is 9.13 Å². The average Bonchev–Trinajstić information content (AvgIpc) is 2.73. The van der Waals surface area contributed by atoms with E-state index in [0.29, 0.717) is 17.3 Å². The van der Waals surface area contributed by atoms with E-state index in [1.54, 1.807) is 36.7 Å². The molecule has 0 unspecified atom stereocenters. The van der Waals surface area contributed by atoms with E-state index in [-0.39, 0.29) is 18.1 Å². The van der Waals surface area contributed by atoms with Crippen LogP contribution in [0.15, 0.2) is 41.5 Å². The first-order valence-electron chi connectivity index (χ1n) is 5.91. The number of nitrogens with one attached hydrogen (secondary N) is 1. The molecule has 1 heterocycles. The van der Waals surface area contributed by atoms with Crippen LogP contribution in [-0.4, -0.2) is 15.0 Å². The molecule has 1 amide bonds. The summed E-state index contributed by atoms with van der Waals surface area (Å²) in [6.45, 7) is 2.42. The van der Waals surface area contributed by atoms with Gasteiger partial charge in [0, 0.05) is 18.9 Å². The first-order chi connectivity index (χ1) is 9.11. The van der Waals surface area contributed by atoms with Gasteiger partial charge in [-0.15, -0.1) is 0 Å². The lowest BCUT2D eigenvalue weighted by Gasteiger charge is -2.06. The Morgan fingerprint density at radius 3 is 2.58 bits per heavy atom. The predicted molar refractivity (Wildman–Crippen MR) is 74.4 cm³/mol. The van der Waals surface area contributed by atoms with Crippen molar-refractivity contribution in [2.75, 3.05) is 5.32 Å². The fourth-order valence-electron chi connectivity index (χ4n) is 1.72. The Kier molecular flexibility index (Phi) is 4.06. The summed E-state index contributed by atoms with van der Waals surface area (Å²) >= 11 is 5.94. The zero-order chi connectivity index (χ0) is 13.8. The molecule has 2 aromatic rings. The minimum Gasteiger partial charge on any atom is -0.323 e. The first kappa shape index (κ1) is 13.4. The van der Waals surface area contributed by atoms with Crippen LogP contribution in [0.5, 0.6) is 0 Å². The van der Waals surface area contributed by atoms with Crippen LogP contribution in [-0.2, 0) is 17.9 Å². The molecule has 0 aliphatic rings. The normalized spacial score (nSPS) is 10.4. The number of anilines is 1. The average molecular weight is 280 g/mol. The van der Waals surface area contributed by atoms with Gasteiger partial charge in [-0.1, -0.05) is 23.7 Å². The zero-order valence-corrected chi connectivity index (χ0v) is 11.2. The van der Waals surface area contributed by atoms with Gasteiger partial charge >= 0.3 is 5.69 Å². The van der Waals surface area contributed by atoms with Crippen LogP contribution in [0.2, 0.25) is 5.02 Å². The topological polar surface area (TPSA) is 56.0 Å². The Balaban J connectivity index is 2.08. The monoisotopic (exact) mass is 279 g/mol. The lowest BCUT2D eigenvalue weighted by Crippen LogP contribution is -2.28. The molecule has 100 valence electrons. The summed E-state index contributed by atoms with van der Waals surface area (Å²) in [5, 5.41) is 3.14. The van der Waals surface area contributed by atoms with E-state index in [9.17, 15) is 9.59 Å². The summed E-state index contributed by atoms with van der Waals surface area (Å²) in [7, 11) is 0. The van der Waals surface area contributed by atoms with Crippen LogP contribution in [0.25, 0.3) is 0 Å². The molecular formula is C13H14ClN3O2. The summed E-state index contributed by atoms with van der Waals surface area (Å²) in [6.07, 6.45) is 3.25.